The molecule has 1 aliphatic rings. The number of aryl methyl sites for hydroxylation is 1. The van der Waals surface area contributed by atoms with Gasteiger partial charge in [0.25, 0.3) is 11.8 Å². The summed E-state index contributed by atoms with van der Waals surface area (Å²) in [5.74, 6) is -9.60. The molecule has 0 unspecified atom stereocenters. The summed E-state index contributed by atoms with van der Waals surface area (Å²) in [5, 5.41) is 0. The highest BCUT2D eigenvalue weighted by molar-refractivity contribution is 5.35. The van der Waals surface area contributed by atoms with Crippen LogP contribution in [0.2, 0.25) is 0 Å². The van der Waals surface area contributed by atoms with E-state index in [1.54, 1.807) is 24.3 Å². The third-order valence-corrected chi connectivity index (χ3v) is 9.46. The molecule has 0 bridgehead atoms. The van der Waals surface area contributed by atoms with Crippen LogP contribution in [-0.2, 0) is 18.3 Å². The molecular formula is C40H48F6O2. The van der Waals surface area contributed by atoms with E-state index < -0.39 is 61.0 Å². The lowest BCUT2D eigenvalue weighted by atomic mass is 9.78. The van der Waals surface area contributed by atoms with Gasteiger partial charge in [-0.2, -0.15) is 8.78 Å². The van der Waals surface area contributed by atoms with Crippen molar-refractivity contribution in [3.8, 4) is 11.5 Å². The maximum Gasteiger partial charge on any atom is 0.276 e. The van der Waals surface area contributed by atoms with Crippen molar-refractivity contribution in [2.45, 2.75) is 108 Å². The molecule has 48 heavy (non-hydrogen) atoms. The number of hydrogen-bond donors (Lipinski definition) is 0. The highest BCUT2D eigenvalue weighted by Gasteiger charge is 2.33. The van der Waals surface area contributed by atoms with Crippen LogP contribution in [0, 0.1) is 17.6 Å². The van der Waals surface area contributed by atoms with Crippen molar-refractivity contribution in [2.75, 3.05) is 13.2 Å². The van der Waals surface area contributed by atoms with E-state index in [1.165, 1.54) is 49.9 Å². The van der Waals surface area contributed by atoms with Gasteiger partial charge in [0.1, 0.15) is 0 Å². The average molecular weight is 675 g/mol. The summed E-state index contributed by atoms with van der Waals surface area (Å²) >= 11 is 0. The van der Waals surface area contributed by atoms with Gasteiger partial charge < -0.3 is 9.47 Å². The van der Waals surface area contributed by atoms with Crippen LogP contribution in [0.4, 0.5) is 26.3 Å². The Hall–Kier alpha value is -3.42. The van der Waals surface area contributed by atoms with Crippen LogP contribution in [0.3, 0.4) is 0 Å². The molecule has 0 aromatic heterocycles. The molecule has 4 rings (SSSR count). The number of unbranched alkanes of at least 4 members (excludes halogenated alkanes) is 5. The number of benzene rings is 3. The van der Waals surface area contributed by atoms with Crippen molar-refractivity contribution in [1.29, 1.82) is 0 Å². The summed E-state index contributed by atoms with van der Waals surface area (Å²) in [6, 6.07) is 14.6. The molecule has 1 saturated carbocycles. The first kappa shape index (κ1) is 37.4. The molecule has 0 radical (unpaired) electrons. The molecule has 0 spiro atoms. The summed E-state index contributed by atoms with van der Waals surface area (Å²) in [7, 11) is 0. The first-order chi connectivity index (χ1) is 23.0. The van der Waals surface area contributed by atoms with E-state index in [0.29, 0.717) is 11.8 Å². The zero-order chi connectivity index (χ0) is 34.6. The molecule has 0 heterocycles. The lowest BCUT2D eigenvalue weighted by Crippen LogP contribution is -2.18. The second kappa shape index (κ2) is 17.8. The van der Waals surface area contributed by atoms with E-state index >= 15 is 0 Å². The maximum absolute atomic E-state index is 14.9. The minimum absolute atomic E-state index is 0.174. The number of ether oxygens (including phenoxy) is 2. The Bertz CT molecular complexity index is 1410. The van der Waals surface area contributed by atoms with E-state index in [2.05, 4.69) is 13.5 Å². The van der Waals surface area contributed by atoms with Gasteiger partial charge in [-0.3, -0.25) is 0 Å². The normalized spacial score (nSPS) is 16.9. The zero-order valence-corrected chi connectivity index (χ0v) is 27.9. The Morgan fingerprint density at radius 3 is 1.65 bits per heavy atom. The minimum atomic E-state index is -3.24. The monoisotopic (exact) mass is 674 g/mol. The van der Waals surface area contributed by atoms with Gasteiger partial charge in [-0.15, -0.1) is 6.58 Å². The van der Waals surface area contributed by atoms with Crippen molar-refractivity contribution < 1.29 is 35.8 Å². The van der Waals surface area contributed by atoms with Gasteiger partial charge in [0.2, 0.25) is 11.6 Å². The van der Waals surface area contributed by atoms with E-state index in [4.69, 9.17) is 9.47 Å². The third-order valence-electron chi connectivity index (χ3n) is 9.46. The lowest BCUT2D eigenvalue weighted by molar-refractivity contribution is -0.0257. The van der Waals surface area contributed by atoms with Gasteiger partial charge >= 0.3 is 0 Å². The number of alkyl halides is 4. The molecule has 3 aromatic rings. The van der Waals surface area contributed by atoms with Gasteiger partial charge in [-0.1, -0.05) is 93.6 Å². The molecule has 1 fully saturated rings. The topological polar surface area (TPSA) is 18.5 Å². The van der Waals surface area contributed by atoms with Gasteiger partial charge in [0.05, 0.1) is 13.2 Å². The van der Waals surface area contributed by atoms with Crippen LogP contribution < -0.4 is 9.47 Å². The first-order valence-corrected chi connectivity index (χ1v) is 17.4. The van der Waals surface area contributed by atoms with Crippen LogP contribution in [0.15, 0.2) is 73.3 Å². The fourth-order valence-electron chi connectivity index (χ4n) is 6.32. The molecule has 0 saturated heterocycles. The van der Waals surface area contributed by atoms with Gasteiger partial charge in [-0.25, -0.2) is 17.6 Å². The maximum atomic E-state index is 14.9. The highest BCUT2D eigenvalue weighted by Crippen LogP contribution is 2.39. The van der Waals surface area contributed by atoms with Crippen LogP contribution in [-0.4, -0.2) is 13.2 Å². The lowest BCUT2D eigenvalue weighted by Gasteiger charge is -2.27. The first-order valence-electron chi connectivity index (χ1n) is 17.4. The predicted molar refractivity (Wildman–Crippen MR) is 179 cm³/mol. The molecule has 3 aromatic carbocycles. The Kier molecular flexibility index (Phi) is 13.9. The van der Waals surface area contributed by atoms with Crippen molar-refractivity contribution >= 4 is 0 Å². The van der Waals surface area contributed by atoms with E-state index in [9.17, 15) is 26.3 Å². The minimum Gasteiger partial charge on any atom is -0.490 e. The molecule has 0 aliphatic heterocycles. The molecule has 2 nitrogen and oxygen atoms in total. The standard InChI is InChI=1S/C40H48F6O2/c1-3-5-6-7-8-9-10-30-13-19-33(20-14-30)39(43,44)25-27-47-35-23-24-36(38(42)37(35)41)48-28-26-40(45,46)34-21-17-32(18-22-34)31-15-11-29(4-2)12-16-31/h4,13-14,17-24,29,31H,2-3,5-12,15-16,25-28H2,1H3. The predicted octanol–water partition coefficient (Wildman–Crippen LogP) is 12.4. The van der Waals surface area contributed by atoms with Gasteiger partial charge in [0, 0.05) is 24.0 Å². The SMILES string of the molecule is C=CC1CCC(c2ccc(C(F)(F)CCOc3ccc(OCCC(F)(F)c4ccc(CCCCCCCC)cc4)c(F)c3F)cc2)CC1. The highest BCUT2D eigenvalue weighted by atomic mass is 19.3. The fraction of sp³-hybridized carbons (Fsp3) is 0.500. The molecule has 0 amide bonds. The molecule has 0 N–H and O–H groups in total. The number of allylic oxidation sites excluding steroid dienone is 1. The Morgan fingerprint density at radius 1 is 0.667 bits per heavy atom. The zero-order valence-electron chi connectivity index (χ0n) is 27.9. The number of rotatable bonds is 19. The average Bonchev–Trinajstić information content (AvgIpc) is 3.09. The van der Waals surface area contributed by atoms with Crippen molar-refractivity contribution in [3.63, 3.8) is 0 Å². The molecular weight excluding hydrogens is 626 g/mol. The molecule has 8 heteroatoms. The van der Waals surface area contributed by atoms with Crippen LogP contribution in [0.5, 0.6) is 11.5 Å². The molecule has 0 atom stereocenters. The van der Waals surface area contributed by atoms with E-state index in [1.807, 2.05) is 6.08 Å². The van der Waals surface area contributed by atoms with Crippen LogP contribution in [0.25, 0.3) is 0 Å². The fourth-order valence-corrected chi connectivity index (χ4v) is 6.32. The van der Waals surface area contributed by atoms with Crippen molar-refractivity contribution in [2.24, 2.45) is 5.92 Å². The Labute approximate surface area is 281 Å². The summed E-state index contributed by atoms with van der Waals surface area (Å²) in [5.41, 5.74) is 1.68. The summed E-state index contributed by atoms with van der Waals surface area (Å²) in [6.45, 7) is 4.89. The largest absolute Gasteiger partial charge is 0.490 e. The summed E-state index contributed by atoms with van der Waals surface area (Å²) in [6.07, 6.45) is 12.3. The Balaban J connectivity index is 1.22. The summed E-state index contributed by atoms with van der Waals surface area (Å²) < 4.78 is 99.1. The smallest absolute Gasteiger partial charge is 0.276 e. The quantitative estimate of drug-likeness (QED) is 0.0716. The second-order valence-corrected chi connectivity index (χ2v) is 13.0. The van der Waals surface area contributed by atoms with Crippen molar-refractivity contribution in [1.82, 2.24) is 0 Å². The van der Waals surface area contributed by atoms with Gasteiger partial charge in [-0.05, 0) is 73.6 Å². The van der Waals surface area contributed by atoms with Gasteiger partial charge in [0.15, 0.2) is 11.5 Å². The summed E-state index contributed by atoms with van der Waals surface area (Å²) in [4.78, 5) is 0. The molecule has 1 aliphatic carbocycles. The van der Waals surface area contributed by atoms with E-state index in [0.717, 1.165) is 68.2 Å². The second-order valence-electron chi connectivity index (χ2n) is 13.0. The Morgan fingerprint density at radius 2 is 1.15 bits per heavy atom. The van der Waals surface area contributed by atoms with E-state index in [-0.39, 0.29) is 11.1 Å². The molecule has 262 valence electrons. The van der Waals surface area contributed by atoms with Crippen LogP contribution in [0.1, 0.15) is 112 Å². The van der Waals surface area contributed by atoms with Crippen LogP contribution >= 0.6 is 0 Å². The number of halogens is 6. The van der Waals surface area contributed by atoms with Crippen molar-refractivity contribution in [3.05, 3.63) is 107 Å². The number of hydrogen-bond acceptors (Lipinski definition) is 2. The third kappa shape index (κ3) is 10.5.